The average molecular weight is 296 g/mol. The molecule has 14 heavy (non-hydrogen) atoms. The molecular weight excluding hydrogens is 284 g/mol. The Morgan fingerprint density at radius 3 is 2.36 bits per heavy atom. The van der Waals surface area contributed by atoms with Crippen LogP contribution < -0.4 is 5.73 Å². The van der Waals surface area contributed by atoms with Gasteiger partial charge in [0.1, 0.15) is 0 Å². The Bertz CT molecular complexity index is 302. The molecule has 0 bridgehead atoms. The second-order valence-electron chi connectivity index (χ2n) is 2.68. The van der Waals surface area contributed by atoms with E-state index >= 15 is 0 Å². The number of thioether (sulfide) groups is 1. The fourth-order valence-electron chi connectivity index (χ4n) is 0.992. The van der Waals surface area contributed by atoms with E-state index < -0.39 is 0 Å². The van der Waals surface area contributed by atoms with E-state index in [0.29, 0.717) is 0 Å². The Balaban J connectivity index is 0.00000169. The zero-order valence-corrected chi connectivity index (χ0v) is 10.9. The van der Waals surface area contributed by atoms with Crippen LogP contribution in [0.1, 0.15) is 17.7 Å². The number of hydrogen-bond acceptors (Lipinski definition) is 2. The predicted octanol–water partition coefficient (Wildman–Crippen LogP) is 3.61. The van der Waals surface area contributed by atoms with Crippen molar-refractivity contribution in [2.24, 2.45) is 5.73 Å². The average Bonchev–Trinajstić information content (AvgIpc) is 2.04. The Hall–Kier alpha value is -0.190. The first-order valence-corrected chi connectivity index (χ1v) is 5.11. The molecule has 5 heteroatoms. The second kappa shape index (κ2) is 6.32. The molecular formula is C9H12BrClN2S. The minimum Gasteiger partial charge on any atom is -0.379 e. The van der Waals surface area contributed by atoms with Gasteiger partial charge < -0.3 is 5.73 Å². The third kappa shape index (κ3) is 4.35. The summed E-state index contributed by atoms with van der Waals surface area (Å²) >= 11 is 7.08. The molecule has 0 amide bonds. The molecule has 78 valence electrons. The highest BCUT2D eigenvalue weighted by Crippen LogP contribution is 2.28. The number of rotatable bonds is 2. The van der Waals surface area contributed by atoms with Crippen LogP contribution in [0.2, 0.25) is 5.02 Å². The molecule has 0 saturated heterocycles. The molecule has 0 spiro atoms. The van der Waals surface area contributed by atoms with Crippen molar-refractivity contribution in [1.82, 2.24) is 0 Å². The van der Waals surface area contributed by atoms with Crippen molar-refractivity contribution in [3.8, 4) is 0 Å². The van der Waals surface area contributed by atoms with Gasteiger partial charge in [-0.2, -0.15) is 0 Å². The van der Waals surface area contributed by atoms with Crippen LogP contribution in [0.3, 0.4) is 0 Å². The molecule has 0 aliphatic heterocycles. The number of hydrogen-bond donors (Lipinski definition) is 2. The minimum absolute atomic E-state index is 0. The van der Waals surface area contributed by atoms with Crippen molar-refractivity contribution in [1.29, 1.82) is 5.41 Å². The summed E-state index contributed by atoms with van der Waals surface area (Å²) in [5, 5.41) is 8.20. The quantitative estimate of drug-likeness (QED) is 0.647. The van der Waals surface area contributed by atoms with Crippen LogP contribution in [0.4, 0.5) is 0 Å². The van der Waals surface area contributed by atoms with Crippen molar-refractivity contribution in [2.45, 2.75) is 12.2 Å². The molecule has 0 aliphatic rings. The smallest absolute Gasteiger partial charge is 0.151 e. The van der Waals surface area contributed by atoms with Gasteiger partial charge in [-0.1, -0.05) is 35.5 Å². The van der Waals surface area contributed by atoms with Crippen LogP contribution in [0, 0.1) is 5.41 Å². The van der Waals surface area contributed by atoms with Crippen LogP contribution in [0.5, 0.6) is 0 Å². The summed E-state index contributed by atoms with van der Waals surface area (Å²) in [5.74, 6) is 0. The van der Waals surface area contributed by atoms with Gasteiger partial charge in [-0.3, -0.25) is 5.41 Å². The van der Waals surface area contributed by atoms with Gasteiger partial charge in [-0.15, -0.1) is 17.0 Å². The van der Waals surface area contributed by atoms with Gasteiger partial charge >= 0.3 is 0 Å². The lowest BCUT2D eigenvalue weighted by Gasteiger charge is -2.09. The normalized spacial score (nSPS) is 11.6. The van der Waals surface area contributed by atoms with Crippen LogP contribution in [0.15, 0.2) is 24.3 Å². The number of benzene rings is 1. The number of nitrogens with two attached hydrogens (primary N) is 1. The predicted molar refractivity (Wildman–Crippen MR) is 69.7 cm³/mol. The van der Waals surface area contributed by atoms with Crippen molar-refractivity contribution in [2.75, 3.05) is 0 Å². The zero-order chi connectivity index (χ0) is 9.84. The SMILES string of the molecule is Br.CC(SC(=N)N)c1ccc(Cl)cc1. The molecule has 0 radical (unpaired) electrons. The van der Waals surface area contributed by atoms with Crippen LogP contribution in [-0.2, 0) is 0 Å². The molecule has 0 aliphatic carbocycles. The molecule has 0 saturated carbocycles. The van der Waals surface area contributed by atoms with Gasteiger partial charge in [0.2, 0.25) is 0 Å². The summed E-state index contributed by atoms with van der Waals surface area (Å²) in [6.07, 6.45) is 0. The van der Waals surface area contributed by atoms with Crippen LogP contribution >= 0.6 is 40.3 Å². The van der Waals surface area contributed by atoms with Gasteiger partial charge in [0, 0.05) is 10.3 Å². The Kier molecular flexibility index (Phi) is 6.24. The summed E-state index contributed by atoms with van der Waals surface area (Å²) in [6, 6.07) is 7.58. The maximum atomic E-state index is 7.13. The van der Waals surface area contributed by atoms with Crippen LogP contribution in [0.25, 0.3) is 0 Å². The first kappa shape index (κ1) is 13.8. The van der Waals surface area contributed by atoms with E-state index in [1.165, 1.54) is 11.8 Å². The Morgan fingerprint density at radius 2 is 1.93 bits per heavy atom. The topological polar surface area (TPSA) is 49.9 Å². The van der Waals surface area contributed by atoms with E-state index in [1.54, 1.807) is 0 Å². The fraction of sp³-hybridized carbons (Fsp3) is 0.222. The lowest BCUT2D eigenvalue weighted by atomic mass is 10.2. The zero-order valence-electron chi connectivity index (χ0n) is 7.66. The van der Waals surface area contributed by atoms with Gasteiger partial charge in [0.05, 0.1) is 0 Å². The second-order valence-corrected chi connectivity index (χ2v) is 4.49. The summed E-state index contributed by atoms with van der Waals surface area (Å²) in [5.41, 5.74) is 6.41. The van der Waals surface area contributed by atoms with Gasteiger partial charge in [0.15, 0.2) is 5.17 Å². The first-order valence-electron chi connectivity index (χ1n) is 3.85. The largest absolute Gasteiger partial charge is 0.379 e. The molecule has 3 N–H and O–H groups in total. The highest BCUT2D eigenvalue weighted by molar-refractivity contribution is 8.93. The van der Waals surface area contributed by atoms with E-state index in [4.69, 9.17) is 22.7 Å². The Morgan fingerprint density at radius 1 is 1.43 bits per heavy atom. The lowest BCUT2D eigenvalue weighted by Crippen LogP contribution is -2.05. The minimum atomic E-state index is 0. The molecule has 1 aromatic rings. The number of nitrogens with one attached hydrogen (secondary N) is 1. The van der Waals surface area contributed by atoms with E-state index in [9.17, 15) is 0 Å². The van der Waals surface area contributed by atoms with E-state index in [-0.39, 0.29) is 27.4 Å². The van der Waals surface area contributed by atoms with E-state index in [1.807, 2.05) is 31.2 Å². The van der Waals surface area contributed by atoms with Crippen molar-refractivity contribution in [3.05, 3.63) is 34.9 Å². The molecule has 0 aromatic heterocycles. The standard InChI is InChI=1S/C9H11ClN2S.BrH/c1-6(13-9(11)12)7-2-4-8(10)5-3-7;/h2-6H,1H3,(H3,11,12);1H. The lowest BCUT2D eigenvalue weighted by molar-refractivity contribution is 1.11. The van der Waals surface area contributed by atoms with Gasteiger partial charge in [0.25, 0.3) is 0 Å². The summed E-state index contributed by atoms with van der Waals surface area (Å²) in [6.45, 7) is 2.01. The molecule has 1 unspecified atom stereocenters. The van der Waals surface area contributed by atoms with Crippen molar-refractivity contribution in [3.63, 3.8) is 0 Å². The highest BCUT2D eigenvalue weighted by atomic mass is 79.9. The molecule has 1 rings (SSSR count). The van der Waals surface area contributed by atoms with Crippen molar-refractivity contribution >= 4 is 45.5 Å². The summed E-state index contributed by atoms with van der Waals surface area (Å²) in [4.78, 5) is 0. The third-order valence-electron chi connectivity index (χ3n) is 1.64. The number of amidine groups is 1. The van der Waals surface area contributed by atoms with E-state index in [0.717, 1.165) is 10.6 Å². The monoisotopic (exact) mass is 294 g/mol. The maximum absolute atomic E-state index is 7.13. The van der Waals surface area contributed by atoms with Gasteiger partial charge in [-0.05, 0) is 24.6 Å². The van der Waals surface area contributed by atoms with E-state index in [2.05, 4.69) is 0 Å². The first-order chi connectivity index (χ1) is 6.09. The fourth-order valence-corrected chi connectivity index (χ4v) is 1.79. The molecule has 1 aromatic carbocycles. The highest BCUT2D eigenvalue weighted by Gasteiger charge is 2.06. The Labute approximate surface area is 103 Å². The van der Waals surface area contributed by atoms with Crippen LogP contribution in [-0.4, -0.2) is 5.17 Å². The maximum Gasteiger partial charge on any atom is 0.151 e. The van der Waals surface area contributed by atoms with Crippen molar-refractivity contribution < 1.29 is 0 Å². The summed E-state index contributed by atoms with van der Waals surface area (Å²) < 4.78 is 0. The molecule has 0 fully saturated rings. The summed E-state index contributed by atoms with van der Waals surface area (Å²) in [7, 11) is 0. The number of halogens is 2. The third-order valence-corrected chi connectivity index (χ3v) is 2.77. The van der Waals surface area contributed by atoms with Gasteiger partial charge in [-0.25, -0.2) is 0 Å². The molecule has 0 heterocycles. The molecule has 1 atom stereocenters. The molecule has 2 nitrogen and oxygen atoms in total.